The van der Waals surface area contributed by atoms with Crippen LogP contribution in [-0.2, 0) is 64.1 Å². The molecule has 7 amide bonds. The predicted molar refractivity (Wildman–Crippen MR) is 303 cm³/mol. The molecule has 0 aliphatic carbocycles. The van der Waals surface area contributed by atoms with Gasteiger partial charge in [-0.1, -0.05) is 81.4 Å². The van der Waals surface area contributed by atoms with Crippen molar-refractivity contribution in [3.05, 3.63) is 105 Å². The monoisotopic (exact) mass is 1100 g/mol. The summed E-state index contributed by atoms with van der Waals surface area (Å²) in [6.07, 6.45) is 1.42. The number of primary amides is 1. The molecule has 4 aromatic rings. The van der Waals surface area contributed by atoms with Crippen LogP contribution in [0.4, 0.5) is 10.5 Å². The van der Waals surface area contributed by atoms with Gasteiger partial charge in [0.2, 0.25) is 35.4 Å². The normalized spacial score (nSPS) is 19.6. The molecule has 1 aromatic heterocycles. The van der Waals surface area contributed by atoms with Crippen molar-refractivity contribution in [1.82, 2.24) is 31.2 Å². The van der Waals surface area contributed by atoms with Gasteiger partial charge >= 0.3 is 6.09 Å². The van der Waals surface area contributed by atoms with Crippen LogP contribution in [-0.4, -0.2) is 111 Å². The summed E-state index contributed by atoms with van der Waals surface area (Å²) >= 11 is 1.57. The average molecular weight is 1110 g/mol. The lowest BCUT2D eigenvalue weighted by Crippen LogP contribution is -2.57. The van der Waals surface area contributed by atoms with Crippen molar-refractivity contribution in [3.8, 4) is 10.4 Å². The summed E-state index contributed by atoms with van der Waals surface area (Å²) in [5.74, 6) is -2.40. The minimum atomic E-state index is -0.932. The molecule has 0 saturated carbocycles. The van der Waals surface area contributed by atoms with Gasteiger partial charge in [0, 0.05) is 32.2 Å². The molecule has 4 heterocycles. The number of alkyl carbamates (subject to hydrolysis) is 1. The number of para-hydroxylation sites is 1. The number of aromatic nitrogens is 1. The summed E-state index contributed by atoms with van der Waals surface area (Å²) in [5.41, 5.74) is 14.3. The van der Waals surface area contributed by atoms with E-state index in [4.69, 9.17) is 15.2 Å². The quantitative estimate of drug-likeness (QED) is 0.0465. The zero-order valence-corrected chi connectivity index (χ0v) is 48.2. The first-order valence-corrected chi connectivity index (χ1v) is 28.5. The molecule has 18 nitrogen and oxygen atoms in total. The van der Waals surface area contributed by atoms with E-state index in [9.17, 15) is 38.7 Å². The van der Waals surface area contributed by atoms with E-state index in [-0.39, 0.29) is 63.1 Å². The minimum Gasteiger partial charge on any atom is -0.444 e. The third kappa shape index (κ3) is 15.4. The van der Waals surface area contributed by atoms with Crippen LogP contribution >= 0.6 is 11.3 Å². The van der Waals surface area contributed by atoms with Crippen molar-refractivity contribution >= 4 is 58.6 Å². The van der Waals surface area contributed by atoms with Crippen LogP contribution in [0.15, 0.2) is 66.2 Å². The van der Waals surface area contributed by atoms with Crippen LogP contribution in [0.25, 0.3) is 10.4 Å². The summed E-state index contributed by atoms with van der Waals surface area (Å²) in [4.78, 5) is 103. The van der Waals surface area contributed by atoms with Crippen molar-refractivity contribution in [1.29, 1.82) is 0 Å². The number of amides is 7. The molecule has 0 spiro atoms. The van der Waals surface area contributed by atoms with Crippen LogP contribution in [0.2, 0.25) is 0 Å². The van der Waals surface area contributed by atoms with Gasteiger partial charge in [0.05, 0.1) is 52.7 Å². The Labute approximate surface area is 468 Å². The number of thiazole rings is 1. The highest BCUT2D eigenvalue weighted by molar-refractivity contribution is 7.13. The number of carbonyl (C=O) groups excluding carboxylic acids is 7. The van der Waals surface area contributed by atoms with Crippen LogP contribution in [0.5, 0.6) is 0 Å². The molecule has 0 radical (unpaired) electrons. The number of β-amino-alcohol motifs (C(OH)–C–C–N with tert-alkyl or cyclic N) is 1. The zero-order valence-electron chi connectivity index (χ0n) is 47.4. The Bertz CT molecular complexity index is 2880. The second kappa shape index (κ2) is 25.6. The number of nitrogens with one attached hydrogen (secondary N) is 4. The molecule has 3 aliphatic heterocycles. The number of hydrogen-bond acceptors (Lipinski definition) is 12. The number of anilines is 1. The number of nitrogens with zero attached hydrogens (tertiary/aromatic N) is 3. The van der Waals surface area contributed by atoms with E-state index in [1.165, 1.54) is 9.80 Å². The van der Waals surface area contributed by atoms with E-state index in [1.807, 2.05) is 109 Å². The van der Waals surface area contributed by atoms with E-state index < -0.39 is 83.2 Å². The first-order chi connectivity index (χ1) is 37.3. The molecule has 0 bridgehead atoms. The van der Waals surface area contributed by atoms with Crippen LogP contribution in [0, 0.1) is 19.3 Å². The molecule has 3 aromatic carbocycles. The van der Waals surface area contributed by atoms with Crippen molar-refractivity contribution in [2.75, 3.05) is 11.4 Å². The van der Waals surface area contributed by atoms with Crippen LogP contribution < -0.4 is 31.9 Å². The van der Waals surface area contributed by atoms with Crippen molar-refractivity contribution in [2.45, 2.75) is 194 Å². The van der Waals surface area contributed by atoms with E-state index in [2.05, 4.69) is 32.3 Å². The number of aryl methyl sites for hydroxylation is 4. The molecule has 19 heteroatoms. The van der Waals surface area contributed by atoms with Gasteiger partial charge in [-0.15, -0.1) is 11.3 Å². The largest absolute Gasteiger partial charge is 0.444 e. The van der Waals surface area contributed by atoms with E-state index in [0.717, 1.165) is 49.5 Å². The molecule has 8 atom stereocenters. The van der Waals surface area contributed by atoms with Gasteiger partial charge in [-0.2, -0.15) is 0 Å². The number of benzene rings is 3. The maximum absolute atomic E-state index is 14.3. The van der Waals surface area contributed by atoms with Gasteiger partial charge in [0.15, 0.2) is 0 Å². The summed E-state index contributed by atoms with van der Waals surface area (Å²) in [6, 6.07) is 15.1. The number of aliphatic hydroxyl groups excluding tert-OH is 1. The Balaban J connectivity index is 0.895. The first-order valence-electron chi connectivity index (χ1n) is 27.6. The summed E-state index contributed by atoms with van der Waals surface area (Å²) < 4.78 is 11.8. The Morgan fingerprint density at radius 3 is 2.25 bits per heavy atom. The number of aliphatic hydroxyl groups is 1. The Kier molecular flexibility index (Phi) is 19.4. The van der Waals surface area contributed by atoms with Crippen molar-refractivity contribution in [2.24, 2.45) is 11.1 Å². The number of nitrogens with two attached hydrogens (primary N) is 1. The second-order valence-electron chi connectivity index (χ2n) is 23.6. The number of ether oxygens (including phenoxy) is 2. The molecule has 3 aliphatic rings. The smallest absolute Gasteiger partial charge is 0.408 e. The lowest BCUT2D eigenvalue weighted by molar-refractivity contribution is -0.144. The summed E-state index contributed by atoms with van der Waals surface area (Å²) in [5, 5.41) is 22.6. The van der Waals surface area contributed by atoms with Gasteiger partial charge in [-0.3, -0.25) is 33.7 Å². The lowest BCUT2D eigenvalue weighted by Gasteiger charge is -2.35. The summed E-state index contributed by atoms with van der Waals surface area (Å²) in [6.45, 7) is 18.7. The maximum Gasteiger partial charge on any atom is 0.408 e. The first kappa shape index (κ1) is 60.0. The second-order valence-corrected chi connectivity index (χ2v) is 24.4. The molecule has 1 fully saturated rings. The number of hydrogen-bond donors (Lipinski definition) is 6. The fourth-order valence-corrected chi connectivity index (χ4v) is 11.5. The molecule has 79 heavy (non-hydrogen) atoms. The number of rotatable bonds is 21. The van der Waals surface area contributed by atoms with Gasteiger partial charge in [-0.05, 0) is 131 Å². The van der Waals surface area contributed by atoms with Gasteiger partial charge in [0.25, 0.3) is 0 Å². The Morgan fingerprint density at radius 2 is 1.59 bits per heavy atom. The molecule has 426 valence electrons. The van der Waals surface area contributed by atoms with E-state index in [0.29, 0.717) is 37.8 Å². The van der Waals surface area contributed by atoms with Crippen LogP contribution in [0.3, 0.4) is 0 Å². The molecular formula is C60H80N8O10S. The fourth-order valence-electron chi connectivity index (χ4n) is 10.7. The highest BCUT2D eigenvalue weighted by atomic mass is 32.1. The maximum atomic E-state index is 14.3. The number of carbonyl (C=O) groups is 7. The predicted octanol–water partition coefficient (Wildman–Crippen LogP) is 6.96. The fraction of sp³-hybridized carbons (Fsp3) is 0.533. The standard InChI is InChI=1S/C60H80N8O10S/c1-34-28-38(14-11-12-17-50(71)66-53(59(5,6)7)57(75)67-31-44(69)30-47(67)54(72)63-35(2)39-20-22-41(23-21-39)52-36(3)62-33-79-52)18-19-43(34)32-77-37(4)45(26-27-49(61)70)64-55(73)48-29-42-16-13-15-40-24-25-46(56(74)68(48)51(40)42)65-58(76)78-60(8,9)10/h13,15-16,18-23,28,33,35,37,44-48,53,69H,11-12,14,17,24-27,29-32H2,1-10H3,(H2,61,70)(H,63,72)(H,64,73)(H,65,76)(H,66,71)/t35-,37+,44+,45-,46-,47-,48-,53+/m0/s1. The molecule has 0 unspecified atom stereocenters. The molecule has 7 rings (SSSR count). The molecule has 7 N–H and O–H groups in total. The average Bonchev–Trinajstić information content (AvgIpc) is 4.33. The third-order valence-corrected chi connectivity index (χ3v) is 16.1. The highest BCUT2D eigenvalue weighted by Gasteiger charge is 2.46. The van der Waals surface area contributed by atoms with Crippen molar-refractivity contribution < 1.29 is 48.1 Å². The highest BCUT2D eigenvalue weighted by Crippen LogP contribution is 2.39. The van der Waals surface area contributed by atoms with Gasteiger partial charge < -0.3 is 46.5 Å². The number of unbranched alkanes of at least 4 members (excludes halogenated alkanes) is 1. The van der Waals surface area contributed by atoms with Crippen LogP contribution in [0.1, 0.15) is 145 Å². The van der Waals surface area contributed by atoms with E-state index in [1.54, 1.807) is 32.1 Å². The van der Waals surface area contributed by atoms with Crippen molar-refractivity contribution in [3.63, 3.8) is 0 Å². The summed E-state index contributed by atoms with van der Waals surface area (Å²) in [7, 11) is 0. The third-order valence-electron chi connectivity index (χ3n) is 15.1. The lowest BCUT2D eigenvalue weighted by atomic mass is 9.85. The topological polar surface area (TPSA) is 252 Å². The minimum absolute atomic E-state index is 0.000782. The van der Waals surface area contributed by atoms with E-state index >= 15 is 0 Å². The Hall–Kier alpha value is -6.70. The van der Waals surface area contributed by atoms with Gasteiger partial charge in [-0.25, -0.2) is 9.78 Å². The number of likely N-dealkylation sites (tertiary alicyclic amines) is 1. The molecular weight excluding hydrogens is 1020 g/mol. The zero-order chi connectivity index (χ0) is 57.5. The Morgan fingerprint density at radius 1 is 0.886 bits per heavy atom. The van der Waals surface area contributed by atoms with Gasteiger partial charge in [0.1, 0.15) is 29.8 Å². The molecule has 1 saturated heterocycles. The SMILES string of the molecule is Cc1cc(CCCCC(=O)N[C@H](C(=O)N2C[C@H](O)C[C@H]2C(=O)N[C@@H](C)c2ccc(-c3scnc3C)cc2)C(C)(C)C)ccc1CO[C@H](C)[C@H](CCC(N)=O)NC(=O)[C@@H]1Cc2cccc3c2N1C(=O)[C@@H](NC(=O)OC(C)(C)C)CC3.